The fraction of sp³-hybridized carbons (Fsp3) is 0. The van der Waals surface area contributed by atoms with Gasteiger partial charge in [0.05, 0.1) is 51.0 Å². The summed E-state index contributed by atoms with van der Waals surface area (Å²) < 4.78 is 17.4. The molecule has 0 aliphatic carbocycles. The zero-order valence-electron chi connectivity index (χ0n) is 29.6. The molecular formula is C50H26N4O2. The van der Waals surface area contributed by atoms with Crippen LogP contribution in [-0.2, 0) is 0 Å². The van der Waals surface area contributed by atoms with Crippen molar-refractivity contribution in [3.63, 3.8) is 0 Å². The molecule has 0 aliphatic heterocycles. The van der Waals surface area contributed by atoms with Crippen molar-refractivity contribution < 1.29 is 8.83 Å². The average Bonchev–Trinajstić information content (AvgIpc) is 4.00. The lowest BCUT2D eigenvalue weighted by molar-refractivity contribution is 0.672. The summed E-state index contributed by atoms with van der Waals surface area (Å²) in [6.07, 6.45) is 0. The Hall–Kier alpha value is -8.06. The number of nitrogens with zero attached hydrogens (tertiary/aromatic N) is 4. The van der Waals surface area contributed by atoms with Crippen LogP contribution in [0, 0.1) is 17.9 Å². The van der Waals surface area contributed by atoms with Crippen molar-refractivity contribution in [3.05, 3.63) is 175 Å². The van der Waals surface area contributed by atoms with Crippen molar-refractivity contribution in [2.45, 2.75) is 0 Å². The highest BCUT2D eigenvalue weighted by molar-refractivity contribution is 6.25. The predicted octanol–water partition coefficient (Wildman–Crippen LogP) is 13.8. The van der Waals surface area contributed by atoms with E-state index in [-0.39, 0.29) is 0 Å². The number of rotatable bonds is 3. The lowest BCUT2D eigenvalue weighted by Crippen LogP contribution is -1.97. The second-order valence-electron chi connectivity index (χ2n) is 14.2. The largest absolute Gasteiger partial charge is 0.455 e. The summed E-state index contributed by atoms with van der Waals surface area (Å²) in [4.78, 5) is 4.03. The predicted molar refractivity (Wildman–Crippen MR) is 226 cm³/mol. The molecule has 56 heavy (non-hydrogen) atoms. The lowest BCUT2D eigenvalue weighted by Gasteiger charge is -2.14. The van der Waals surface area contributed by atoms with E-state index >= 15 is 0 Å². The van der Waals surface area contributed by atoms with Gasteiger partial charge >= 0.3 is 0 Å². The average molecular weight is 715 g/mol. The maximum atomic E-state index is 10.6. The number of hydrogen-bond acceptors (Lipinski definition) is 3. The van der Waals surface area contributed by atoms with Crippen molar-refractivity contribution >= 4 is 93.2 Å². The maximum absolute atomic E-state index is 10.6. The van der Waals surface area contributed by atoms with Gasteiger partial charge in [0.1, 0.15) is 22.3 Å². The first-order valence-electron chi connectivity index (χ1n) is 18.4. The van der Waals surface area contributed by atoms with Gasteiger partial charge in [-0.15, -0.1) is 0 Å². The minimum atomic E-state index is 0.464. The van der Waals surface area contributed by atoms with E-state index in [0.717, 1.165) is 98.9 Å². The van der Waals surface area contributed by atoms with Crippen LogP contribution in [0.4, 0.5) is 5.69 Å². The Labute approximate surface area is 318 Å². The van der Waals surface area contributed by atoms with Crippen molar-refractivity contribution in [1.29, 1.82) is 5.26 Å². The summed E-state index contributed by atoms with van der Waals surface area (Å²) in [5.41, 5.74) is 11.5. The van der Waals surface area contributed by atoms with Gasteiger partial charge in [-0.3, -0.25) is 0 Å². The fourth-order valence-electron chi connectivity index (χ4n) is 9.00. The molecule has 0 bridgehead atoms. The molecule has 0 aliphatic rings. The van der Waals surface area contributed by atoms with Crippen LogP contribution < -0.4 is 0 Å². The first kappa shape index (κ1) is 30.4. The van der Waals surface area contributed by atoms with Gasteiger partial charge in [-0.1, -0.05) is 84.9 Å². The molecule has 12 aromatic rings. The van der Waals surface area contributed by atoms with Crippen molar-refractivity contribution in [2.24, 2.45) is 0 Å². The summed E-state index contributed by atoms with van der Waals surface area (Å²) in [6, 6.07) is 55.8. The zero-order valence-corrected chi connectivity index (χ0v) is 29.6. The molecule has 0 N–H and O–H groups in total. The second kappa shape index (κ2) is 11.2. The Morgan fingerprint density at radius 2 is 0.946 bits per heavy atom. The van der Waals surface area contributed by atoms with E-state index in [2.05, 4.69) is 80.7 Å². The fourth-order valence-corrected chi connectivity index (χ4v) is 9.00. The van der Waals surface area contributed by atoms with Gasteiger partial charge < -0.3 is 18.0 Å². The number of para-hydroxylation sites is 4. The molecular weight excluding hydrogens is 689 g/mol. The van der Waals surface area contributed by atoms with Crippen LogP contribution in [0.2, 0.25) is 0 Å². The molecule has 0 atom stereocenters. The van der Waals surface area contributed by atoms with Gasteiger partial charge in [0.15, 0.2) is 5.69 Å². The Kier molecular flexibility index (Phi) is 6.10. The minimum Gasteiger partial charge on any atom is -0.455 e. The van der Waals surface area contributed by atoms with Crippen LogP contribution in [-0.4, -0.2) is 9.13 Å². The van der Waals surface area contributed by atoms with Crippen LogP contribution in [0.3, 0.4) is 0 Å². The number of aromatic nitrogens is 2. The summed E-state index contributed by atoms with van der Waals surface area (Å²) in [6.45, 7) is 8.33. The number of fused-ring (bicyclic) bond motifs is 14. The van der Waals surface area contributed by atoms with Crippen LogP contribution >= 0.6 is 0 Å². The van der Waals surface area contributed by atoms with Crippen molar-refractivity contribution in [3.8, 4) is 28.6 Å². The van der Waals surface area contributed by atoms with Gasteiger partial charge in [-0.05, 0) is 83.9 Å². The Balaban J connectivity index is 1.02. The van der Waals surface area contributed by atoms with E-state index in [1.54, 1.807) is 0 Å². The molecule has 0 spiro atoms. The first-order valence-corrected chi connectivity index (χ1v) is 18.4. The molecule has 0 amide bonds. The molecule has 258 valence electrons. The Morgan fingerprint density at radius 1 is 0.464 bits per heavy atom. The second-order valence-corrected chi connectivity index (χ2v) is 14.2. The summed E-state index contributed by atoms with van der Waals surface area (Å²) >= 11 is 0. The van der Waals surface area contributed by atoms with Gasteiger partial charge in [0.2, 0.25) is 0 Å². The van der Waals surface area contributed by atoms with E-state index in [9.17, 15) is 5.26 Å². The lowest BCUT2D eigenvalue weighted by atomic mass is 9.97. The maximum Gasteiger partial charge on any atom is 0.197 e. The summed E-state index contributed by atoms with van der Waals surface area (Å²) in [7, 11) is 0. The highest BCUT2D eigenvalue weighted by Crippen LogP contribution is 2.44. The molecule has 0 unspecified atom stereocenters. The third kappa shape index (κ3) is 4.02. The van der Waals surface area contributed by atoms with E-state index in [0.29, 0.717) is 22.4 Å². The van der Waals surface area contributed by atoms with Crippen molar-refractivity contribution in [1.82, 2.24) is 9.13 Å². The number of hydrogen-bond donors (Lipinski definition) is 0. The third-order valence-electron chi connectivity index (χ3n) is 11.4. The van der Waals surface area contributed by atoms with Crippen LogP contribution in [0.25, 0.3) is 115 Å². The molecule has 0 saturated carbocycles. The molecule has 0 saturated heterocycles. The first-order chi connectivity index (χ1) is 27.7. The van der Waals surface area contributed by atoms with Crippen LogP contribution in [0.15, 0.2) is 167 Å². The normalized spacial score (nSPS) is 11.9. The zero-order chi connectivity index (χ0) is 37.1. The SMILES string of the molecule is [C-]#[N+]c1cc(-n2c3ccccc3c3c4oc5ccccc5c4ccc32)ccc1-c1ccc(-n2c3ccccc3c3c4oc5ccccc5c4ccc32)cc1C#N. The highest BCUT2D eigenvalue weighted by Gasteiger charge is 2.22. The number of benzene rings is 8. The Morgan fingerprint density at radius 3 is 1.48 bits per heavy atom. The molecule has 4 heterocycles. The highest BCUT2D eigenvalue weighted by atomic mass is 16.3. The van der Waals surface area contributed by atoms with Crippen molar-refractivity contribution in [2.75, 3.05) is 0 Å². The minimum absolute atomic E-state index is 0.464. The smallest absolute Gasteiger partial charge is 0.197 e. The molecule has 8 aromatic carbocycles. The molecule has 12 rings (SSSR count). The standard InChI is InChI=1S/C50H26N4O2/c1-52-40-27-31(54-42-15-7-3-13-39(42)48-44(54)25-23-37-35-11-5-9-17-46(35)56-50(37)48)19-21-33(40)32-20-18-30(26-29(32)28-51)53-41-14-6-2-12-38(41)47-43(53)24-22-36-34-10-4-8-16-45(34)55-49(36)47/h2-27H. The van der Waals surface area contributed by atoms with Gasteiger partial charge in [0, 0.05) is 43.7 Å². The number of nitriles is 1. The van der Waals surface area contributed by atoms with E-state index in [4.69, 9.17) is 15.4 Å². The van der Waals surface area contributed by atoms with E-state index in [1.807, 2.05) is 97.1 Å². The molecule has 4 aromatic heterocycles. The molecule has 6 nitrogen and oxygen atoms in total. The van der Waals surface area contributed by atoms with Crippen LogP contribution in [0.1, 0.15) is 5.56 Å². The summed E-state index contributed by atoms with van der Waals surface area (Å²) in [5.74, 6) is 0. The molecule has 6 heteroatoms. The Bertz CT molecular complexity index is 3500. The monoisotopic (exact) mass is 714 g/mol. The van der Waals surface area contributed by atoms with E-state index < -0.39 is 0 Å². The number of furan rings is 2. The van der Waals surface area contributed by atoms with Gasteiger partial charge in [-0.2, -0.15) is 5.26 Å². The quantitative estimate of drug-likeness (QED) is 0.171. The molecule has 0 radical (unpaired) electrons. The third-order valence-corrected chi connectivity index (χ3v) is 11.4. The van der Waals surface area contributed by atoms with Gasteiger partial charge in [0.25, 0.3) is 0 Å². The topological polar surface area (TPSA) is 64.3 Å². The summed E-state index contributed by atoms with van der Waals surface area (Å²) in [5, 5.41) is 19.2. The molecule has 0 fully saturated rings. The van der Waals surface area contributed by atoms with Crippen LogP contribution in [0.5, 0.6) is 0 Å². The van der Waals surface area contributed by atoms with Gasteiger partial charge in [-0.25, -0.2) is 4.85 Å². The van der Waals surface area contributed by atoms with E-state index in [1.165, 1.54) is 0 Å².